The van der Waals surface area contributed by atoms with Gasteiger partial charge in [0.25, 0.3) is 0 Å². The highest BCUT2D eigenvalue weighted by molar-refractivity contribution is 5.34. The summed E-state index contributed by atoms with van der Waals surface area (Å²) in [7, 11) is 0. The number of hydrogen-bond donors (Lipinski definition) is 0. The SMILES string of the molecule is Cc1nc(OCC2CC2)ccc1C#N. The Morgan fingerprint density at radius 1 is 1.57 bits per heavy atom. The third-order valence-corrected chi connectivity index (χ3v) is 2.34. The van der Waals surface area contributed by atoms with Crippen LogP contribution in [0.15, 0.2) is 12.1 Å². The standard InChI is InChI=1S/C11H12N2O/c1-8-10(6-12)4-5-11(13-8)14-7-9-2-3-9/h4-5,9H,2-3,7H2,1H3. The van der Waals surface area contributed by atoms with E-state index in [1.54, 1.807) is 12.1 Å². The second kappa shape index (κ2) is 3.67. The highest BCUT2D eigenvalue weighted by atomic mass is 16.5. The normalized spacial score (nSPS) is 14.9. The number of nitriles is 1. The zero-order valence-corrected chi connectivity index (χ0v) is 8.16. The fraction of sp³-hybridized carbons (Fsp3) is 0.455. The average Bonchev–Trinajstić information content (AvgIpc) is 2.98. The predicted molar refractivity (Wildman–Crippen MR) is 51.9 cm³/mol. The first-order chi connectivity index (χ1) is 6.79. The van der Waals surface area contributed by atoms with Crippen molar-refractivity contribution in [2.75, 3.05) is 6.61 Å². The van der Waals surface area contributed by atoms with Crippen LogP contribution in [0.3, 0.4) is 0 Å². The van der Waals surface area contributed by atoms with Gasteiger partial charge in [-0.05, 0) is 31.7 Å². The van der Waals surface area contributed by atoms with E-state index in [-0.39, 0.29) is 0 Å². The maximum atomic E-state index is 8.71. The minimum atomic E-state index is 0.615. The van der Waals surface area contributed by atoms with E-state index in [0.29, 0.717) is 11.4 Å². The fourth-order valence-corrected chi connectivity index (χ4v) is 1.22. The van der Waals surface area contributed by atoms with Crippen LogP contribution in [-0.2, 0) is 0 Å². The van der Waals surface area contributed by atoms with Crippen LogP contribution in [0.5, 0.6) is 5.88 Å². The van der Waals surface area contributed by atoms with Crippen molar-refractivity contribution in [1.82, 2.24) is 4.98 Å². The summed E-state index contributed by atoms with van der Waals surface area (Å²) in [6.45, 7) is 2.58. The van der Waals surface area contributed by atoms with Crippen LogP contribution in [0.25, 0.3) is 0 Å². The first kappa shape index (κ1) is 9.01. The topological polar surface area (TPSA) is 45.9 Å². The van der Waals surface area contributed by atoms with E-state index in [9.17, 15) is 0 Å². The molecule has 1 aromatic heterocycles. The van der Waals surface area contributed by atoms with Gasteiger partial charge in [-0.15, -0.1) is 0 Å². The third-order valence-electron chi connectivity index (χ3n) is 2.34. The van der Waals surface area contributed by atoms with E-state index < -0.39 is 0 Å². The van der Waals surface area contributed by atoms with E-state index >= 15 is 0 Å². The smallest absolute Gasteiger partial charge is 0.213 e. The molecule has 3 nitrogen and oxygen atoms in total. The molecule has 1 heterocycles. The number of pyridine rings is 1. The molecule has 1 aliphatic carbocycles. The fourth-order valence-electron chi connectivity index (χ4n) is 1.22. The Morgan fingerprint density at radius 3 is 2.93 bits per heavy atom. The van der Waals surface area contributed by atoms with Gasteiger partial charge in [-0.2, -0.15) is 5.26 Å². The van der Waals surface area contributed by atoms with Crippen molar-refractivity contribution in [3.63, 3.8) is 0 Å². The van der Waals surface area contributed by atoms with Gasteiger partial charge in [0.1, 0.15) is 6.07 Å². The molecule has 0 bridgehead atoms. The molecule has 1 fully saturated rings. The van der Waals surface area contributed by atoms with Gasteiger partial charge in [-0.25, -0.2) is 4.98 Å². The van der Waals surface area contributed by atoms with Gasteiger partial charge in [0.15, 0.2) is 0 Å². The molecule has 0 saturated heterocycles. The van der Waals surface area contributed by atoms with Crippen LogP contribution in [0.1, 0.15) is 24.1 Å². The third kappa shape index (κ3) is 2.02. The molecule has 14 heavy (non-hydrogen) atoms. The van der Waals surface area contributed by atoms with Crippen molar-refractivity contribution in [2.45, 2.75) is 19.8 Å². The summed E-state index contributed by atoms with van der Waals surface area (Å²) < 4.78 is 5.49. The van der Waals surface area contributed by atoms with Gasteiger partial charge in [-0.1, -0.05) is 0 Å². The van der Waals surface area contributed by atoms with E-state index in [1.165, 1.54) is 12.8 Å². The summed E-state index contributed by atoms with van der Waals surface area (Å²) in [4.78, 5) is 4.20. The number of nitrogens with zero attached hydrogens (tertiary/aromatic N) is 2. The Kier molecular flexibility index (Phi) is 2.36. The van der Waals surface area contributed by atoms with E-state index in [2.05, 4.69) is 11.1 Å². The molecule has 0 aromatic carbocycles. The Hall–Kier alpha value is -1.56. The van der Waals surface area contributed by atoms with Crippen molar-refractivity contribution < 1.29 is 4.74 Å². The van der Waals surface area contributed by atoms with Crippen LogP contribution in [0.2, 0.25) is 0 Å². The molecule has 1 aromatic rings. The van der Waals surface area contributed by atoms with Crippen LogP contribution < -0.4 is 4.74 Å². The average molecular weight is 188 g/mol. The first-order valence-corrected chi connectivity index (χ1v) is 4.80. The summed E-state index contributed by atoms with van der Waals surface area (Å²) in [5.41, 5.74) is 1.35. The lowest BCUT2D eigenvalue weighted by atomic mass is 10.2. The summed E-state index contributed by atoms with van der Waals surface area (Å²) in [5.74, 6) is 1.36. The second-order valence-electron chi connectivity index (χ2n) is 3.65. The van der Waals surface area contributed by atoms with Crippen molar-refractivity contribution in [3.05, 3.63) is 23.4 Å². The maximum absolute atomic E-state index is 8.71. The van der Waals surface area contributed by atoms with Crippen molar-refractivity contribution in [1.29, 1.82) is 5.26 Å². The molecule has 0 radical (unpaired) electrons. The van der Waals surface area contributed by atoms with Crippen LogP contribution in [-0.4, -0.2) is 11.6 Å². The number of ether oxygens (including phenoxy) is 1. The molecule has 0 spiro atoms. The Labute approximate surface area is 83.3 Å². The van der Waals surface area contributed by atoms with Gasteiger partial charge in [0.05, 0.1) is 17.9 Å². The number of aromatic nitrogens is 1. The zero-order chi connectivity index (χ0) is 9.97. The van der Waals surface area contributed by atoms with Gasteiger partial charge >= 0.3 is 0 Å². The Balaban J connectivity index is 2.03. The van der Waals surface area contributed by atoms with Crippen LogP contribution >= 0.6 is 0 Å². The van der Waals surface area contributed by atoms with Crippen molar-refractivity contribution >= 4 is 0 Å². The number of rotatable bonds is 3. The molecule has 3 heteroatoms. The number of aryl methyl sites for hydroxylation is 1. The van der Waals surface area contributed by atoms with Crippen molar-refractivity contribution in [3.8, 4) is 11.9 Å². The largest absolute Gasteiger partial charge is 0.477 e. The van der Waals surface area contributed by atoms with Gasteiger partial charge < -0.3 is 4.74 Å². The molecule has 1 aliphatic rings. The molecule has 1 saturated carbocycles. The van der Waals surface area contributed by atoms with Gasteiger partial charge in [0, 0.05) is 6.07 Å². The summed E-state index contributed by atoms with van der Waals surface area (Å²) in [6.07, 6.45) is 2.55. The van der Waals surface area contributed by atoms with Gasteiger partial charge in [-0.3, -0.25) is 0 Å². The van der Waals surface area contributed by atoms with E-state index in [1.807, 2.05) is 6.92 Å². The molecule has 2 rings (SSSR count). The summed E-state index contributed by atoms with van der Waals surface area (Å²) in [5, 5.41) is 8.71. The molecule has 0 aliphatic heterocycles. The molecule has 72 valence electrons. The number of hydrogen-bond acceptors (Lipinski definition) is 3. The molecule has 0 unspecified atom stereocenters. The van der Waals surface area contributed by atoms with Crippen molar-refractivity contribution in [2.24, 2.45) is 5.92 Å². The van der Waals surface area contributed by atoms with E-state index in [4.69, 9.17) is 10.00 Å². The van der Waals surface area contributed by atoms with Crippen LogP contribution in [0.4, 0.5) is 0 Å². The molecular weight excluding hydrogens is 176 g/mol. The summed E-state index contributed by atoms with van der Waals surface area (Å²) in [6, 6.07) is 5.59. The first-order valence-electron chi connectivity index (χ1n) is 4.80. The van der Waals surface area contributed by atoms with Gasteiger partial charge in [0.2, 0.25) is 5.88 Å². The minimum absolute atomic E-state index is 0.615. The molecular formula is C11H12N2O. The highest BCUT2D eigenvalue weighted by Gasteiger charge is 2.22. The summed E-state index contributed by atoms with van der Waals surface area (Å²) >= 11 is 0. The minimum Gasteiger partial charge on any atom is -0.477 e. The molecule has 0 atom stereocenters. The van der Waals surface area contributed by atoms with E-state index in [0.717, 1.165) is 18.2 Å². The lowest BCUT2D eigenvalue weighted by Crippen LogP contribution is -2.01. The Morgan fingerprint density at radius 2 is 2.36 bits per heavy atom. The zero-order valence-electron chi connectivity index (χ0n) is 8.16. The maximum Gasteiger partial charge on any atom is 0.213 e. The monoisotopic (exact) mass is 188 g/mol. The lowest BCUT2D eigenvalue weighted by molar-refractivity contribution is 0.288. The molecule has 0 amide bonds. The predicted octanol–water partition coefficient (Wildman–Crippen LogP) is 2.05. The van der Waals surface area contributed by atoms with Crippen LogP contribution in [0, 0.1) is 24.2 Å². The quantitative estimate of drug-likeness (QED) is 0.729. The molecule has 0 N–H and O–H groups in total. The second-order valence-corrected chi connectivity index (χ2v) is 3.65. The lowest BCUT2D eigenvalue weighted by Gasteiger charge is -2.04. The highest BCUT2D eigenvalue weighted by Crippen LogP contribution is 2.29. The Bertz CT molecular complexity index is 377.